The highest BCUT2D eigenvalue weighted by Gasteiger charge is 2.42. The molecule has 0 radical (unpaired) electrons. The Labute approximate surface area is 196 Å². The first-order valence-corrected chi connectivity index (χ1v) is 12.5. The van der Waals surface area contributed by atoms with Gasteiger partial charge in [-0.15, -0.1) is 0 Å². The Hall–Kier alpha value is -2.37. The fraction of sp³-hybridized carbons (Fsp3) is 0.636. The van der Waals surface area contributed by atoms with E-state index in [1.54, 1.807) is 20.8 Å². The molecule has 11 heteroatoms. The molecule has 0 atom stereocenters. The second kappa shape index (κ2) is 10.3. The Morgan fingerprint density at radius 3 is 2.30 bits per heavy atom. The van der Waals surface area contributed by atoms with Crippen LogP contribution in [0.1, 0.15) is 39.2 Å². The van der Waals surface area contributed by atoms with Crippen molar-refractivity contribution < 1.29 is 27.5 Å². The third kappa shape index (κ3) is 6.81. The second-order valence-corrected chi connectivity index (χ2v) is 11.4. The molecule has 0 saturated carbocycles. The lowest BCUT2D eigenvalue weighted by molar-refractivity contribution is -0.00197. The number of alkyl carbamates (subject to hydrolysis) is 1. The van der Waals surface area contributed by atoms with Crippen molar-refractivity contribution in [2.75, 3.05) is 33.2 Å². The number of amides is 2. The van der Waals surface area contributed by atoms with Crippen molar-refractivity contribution in [1.82, 2.24) is 18.8 Å². The van der Waals surface area contributed by atoms with Gasteiger partial charge in [-0.2, -0.15) is 17.0 Å². The van der Waals surface area contributed by atoms with E-state index < -0.39 is 28.0 Å². The minimum atomic E-state index is -3.66. The van der Waals surface area contributed by atoms with Gasteiger partial charge in [-0.05, 0) is 39.2 Å². The Bertz CT molecular complexity index is 920. The largest absolute Gasteiger partial charge is 0.445 e. The molecule has 2 aliphatic heterocycles. The summed E-state index contributed by atoms with van der Waals surface area (Å²) in [5, 5.41) is 2.82. The summed E-state index contributed by atoms with van der Waals surface area (Å²) in [5.74, 6) is 0. The fourth-order valence-corrected chi connectivity index (χ4v) is 5.24. The van der Waals surface area contributed by atoms with Crippen LogP contribution in [0.5, 0.6) is 0 Å². The lowest BCUT2D eigenvalue weighted by atomic mass is 10.1. The average molecular weight is 483 g/mol. The number of carbonyl (C=O) groups is 2. The van der Waals surface area contributed by atoms with E-state index >= 15 is 0 Å². The average Bonchev–Trinajstić information content (AvgIpc) is 2.71. The maximum atomic E-state index is 13.0. The van der Waals surface area contributed by atoms with Crippen molar-refractivity contribution in [3.8, 4) is 0 Å². The van der Waals surface area contributed by atoms with Gasteiger partial charge in [0.2, 0.25) is 0 Å². The second-order valence-electron chi connectivity index (χ2n) is 9.44. The minimum Gasteiger partial charge on any atom is -0.445 e. The maximum absolute atomic E-state index is 13.0. The van der Waals surface area contributed by atoms with Crippen molar-refractivity contribution in [3.05, 3.63) is 35.9 Å². The van der Waals surface area contributed by atoms with Crippen LogP contribution in [-0.4, -0.2) is 85.0 Å². The molecule has 184 valence electrons. The number of likely N-dealkylation sites (N-methyl/N-ethyl adjacent to an activating group) is 1. The Balaban J connectivity index is 1.41. The van der Waals surface area contributed by atoms with Crippen molar-refractivity contribution >= 4 is 22.4 Å². The fourth-order valence-electron chi connectivity index (χ4n) is 3.69. The van der Waals surface area contributed by atoms with Gasteiger partial charge >= 0.3 is 12.2 Å². The summed E-state index contributed by atoms with van der Waals surface area (Å²) in [5.41, 5.74) is 0.310. The smallest absolute Gasteiger partial charge is 0.410 e. The van der Waals surface area contributed by atoms with E-state index in [9.17, 15) is 18.0 Å². The number of likely N-dealkylation sites (tertiary alicyclic amines) is 1. The van der Waals surface area contributed by atoms with Crippen LogP contribution in [0.15, 0.2) is 30.3 Å². The van der Waals surface area contributed by atoms with Gasteiger partial charge in [0.25, 0.3) is 10.2 Å². The quantitative estimate of drug-likeness (QED) is 0.666. The summed E-state index contributed by atoms with van der Waals surface area (Å²) in [7, 11) is -2.12. The number of hydrogen-bond acceptors (Lipinski definition) is 6. The van der Waals surface area contributed by atoms with Gasteiger partial charge in [0, 0.05) is 39.3 Å². The minimum absolute atomic E-state index is 0.142. The molecule has 1 aromatic carbocycles. The first-order chi connectivity index (χ1) is 15.5. The molecular formula is C22H34N4O6S. The number of piperidine rings is 1. The Morgan fingerprint density at radius 2 is 1.73 bits per heavy atom. The number of carbonyl (C=O) groups excluding carboxylic acids is 2. The van der Waals surface area contributed by atoms with Crippen LogP contribution in [0.3, 0.4) is 0 Å². The van der Waals surface area contributed by atoms with Gasteiger partial charge in [0.1, 0.15) is 12.2 Å². The van der Waals surface area contributed by atoms with E-state index in [0.29, 0.717) is 39.0 Å². The van der Waals surface area contributed by atoms with Crippen molar-refractivity contribution in [3.63, 3.8) is 0 Å². The number of ether oxygens (including phenoxy) is 2. The SMILES string of the molecule is CN(C1CN(C(=O)OC(C)(C)C)C1)S(=O)(=O)N1CCC(NC(=O)OCc2ccccc2)CC1. The predicted octanol–water partition coefficient (Wildman–Crippen LogP) is 2.17. The summed E-state index contributed by atoms with van der Waals surface area (Å²) in [4.78, 5) is 25.7. The van der Waals surface area contributed by atoms with Crippen LogP contribution in [0, 0.1) is 0 Å². The third-order valence-corrected chi connectivity index (χ3v) is 7.75. The maximum Gasteiger partial charge on any atom is 0.410 e. The summed E-state index contributed by atoms with van der Waals surface area (Å²) >= 11 is 0. The molecule has 0 bridgehead atoms. The standard InChI is InChI=1S/C22H34N4O6S/c1-22(2,3)32-21(28)25-14-19(15-25)24(4)33(29,30)26-12-10-18(11-13-26)23-20(27)31-16-17-8-6-5-7-9-17/h5-9,18-19H,10-16H2,1-4H3,(H,23,27). The Kier molecular flexibility index (Phi) is 7.86. The summed E-state index contributed by atoms with van der Waals surface area (Å²) < 4.78 is 39.4. The number of nitrogens with one attached hydrogen (secondary N) is 1. The van der Waals surface area contributed by atoms with E-state index in [-0.39, 0.29) is 18.7 Å². The number of benzene rings is 1. The van der Waals surface area contributed by atoms with E-state index in [1.807, 2.05) is 30.3 Å². The van der Waals surface area contributed by atoms with Gasteiger partial charge in [0.15, 0.2) is 0 Å². The van der Waals surface area contributed by atoms with Crippen LogP contribution in [0.2, 0.25) is 0 Å². The van der Waals surface area contributed by atoms with Crippen molar-refractivity contribution in [2.24, 2.45) is 0 Å². The lowest BCUT2D eigenvalue weighted by Crippen LogP contribution is -2.63. The summed E-state index contributed by atoms with van der Waals surface area (Å²) in [6.07, 6.45) is 0.0642. The molecular weight excluding hydrogens is 448 g/mol. The predicted molar refractivity (Wildman–Crippen MR) is 123 cm³/mol. The molecule has 0 aliphatic carbocycles. The van der Waals surface area contributed by atoms with E-state index in [0.717, 1.165) is 5.56 Å². The molecule has 2 amide bonds. The van der Waals surface area contributed by atoms with Crippen molar-refractivity contribution in [1.29, 1.82) is 0 Å². The summed E-state index contributed by atoms with van der Waals surface area (Å²) in [6.45, 7) is 6.77. The highest BCUT2D eigenvalue weighted by Crippen LogP contribution is 2.23. The monoisotopic (exact) mass is 482 g/mol. The molecule has 33 heavy (non-hydrogen) atoms. The molecule has 0 aromatic heterocycles. The number of nitrogens with zero attached hydrogens (tertiary/aromatic N) is 3. The molecule has 2 fully saturated rings. The molecule has 10 nitrogen and oxygen atoms in total. The van der Waals surface area contributed by atoms with Gasteiger partial charge in [-0.3, -0.25) is 0 Å². The summed E-state index contributed by atoms with van der Waals surface area (Å²) in [6, 6.07) is 8.97. The molecule has 2 heterocycles. The van der Waals surface area contributed by atoms with E-state index in [4.69, 9.17) is 9.47 Å². The van der Waals surface area contributed by atoms with Gasteiger partial charge < -0.3 is 19.7 Å². The van der Waals surface area contributed by atoms with Crippen LogP contribution >= 0.6 is 0 Å². The van der Waals surface area contributed by atoms with Gasteiger partial charge in [-0.25, -0.2) is 9.59 Å². The normalized spacial score (nSPS) is 18.6. The van der Waals surface area contributed by atoms with Crippen LogP contribution < -0.4 is 5.32 Å². The number of hydrogen-bond donors (Lipinski definition) is 1. The van der Waals surface area contributed by atoms with Crippen LogP contribution in [0.4, 0.5) is 9.59 Å². The van der Waals surface area contributed by atoms with Crippen molar-refractivity contribution in [2.45, 2.75) is 57.9 Å². The highest BCUT2D eigenvalue weighted by molar-refractivity contribution is 7.86. The molecule has 1 N–H and O–H groups in total. The zero-order chi connectivity index (χ0) is 24.2. The van der Waals surface area contributed by atoms with Gasteiger partial charge in [-0.1, -0.05) is 30.3 Å². The highest BCUT2D eigenvalue weighted by atomic mass is 32.2. The molecule has 0 spiro atoms. The lowest BCUT2D eigenvalue weighted by Gasteiger charge is -2.45. The van der Waals surface area contributed by atoms with E-state index in [2.05, 4.69) is 5.32 Å². The zero-order valence-corrected chi connectivity index (χ0v) is 20.5. The van der Waals surface area contributed by atoms with Crippen LogP contribution in [0.25, 0.3) is 0 Å². The van der Waals surface area contributed by atoms with Crippen LogP contribution in [-0.2, 0) is 26.3 Å². The molecule has 3 rings (SSSR count). The molecule has 1 aromatic rings. The molecule has 2 aliphatic rings. The Morgan fingerprint density at radius 1 is 1.12 bits per heavy atom. The molecule has 0 unspecified atom stereocenters. The third-order valence-electron chi connectivity index (χ3n) is 5.71. The van der Waals surface area contributed by atoms with E-state index in [1.165, 1.54) is 20.6 Å². The first kappa shape index (κ1) is 25.3. The first-order valence-electron chi connectivity index (χ1n) is 11.1. The zero-order valence-electron chi connectivity index (χ0n) is 19.7. The molecule has 2 saturated heterocycles. The van der Waals surface area contributed by atoms with Gasteiger partial charge in [0.05, 0.1) is 6.04 Å². The number of rotatable bonds is 6. The topological polar surface area (TPSA) is 108 Å².